The molecule has 0 heterocycles. The van der Waals surface area contributed by atoms with Crippen molar-refractivity contribution in [2.45, 2.75) is 32.8 Å². The zero-order chi connectivity index (χ0) is 15.1. The van der Waals surface area contributed by atoms with Crippen LogP contribution >= 0.6 is 0 Å². The van der Waals surface area contributed by atoms with Crippen LogP contribution in [0.4, 0.5) is 4.39 Å². The lowest BCUT2D eigenvalue weighted by atomic mass is 9.96. The molecule has 0 aliphatic rings. The second-order valence-electron chi connectivity index (χ2n) is 4.70. The number of hydrogen-bond donors (Lipinski definition) is 2. The minimum atomic E-state index is -0.586. The van der Waals surface area contributed by atoms with E-state index in [1.54, 1.807) is 0 Å². The van der Waals surface area contributed by atoms with Gasteiger partial charge in [-0.2, -0.15) is 0 Å². The van der Waals surface area contributed by atoms with Gasteiger partial charge in [-0.25, -0.2) is 4.39 Å². The molecule has 1 aromatic carbocycles. The number of hydrogen-bond acceptors (Lipinski definition) is 3. The summed E-state index contributed by atoms with van der Waals surface area (Å²) < 4.78 is 18.3. The molecule has 4 nitrogen and oxygen atoms in total. The molecule has 0 saturated carbocycles. The number of amides is 1. The molecule has 5 heteroatoms. The van der Waals surface area contributed by atoms with E-state index in [1.165, 1.54) is 19.2 Å². The lowest BCUT2D eigenvalue weighted by Crippen LogP contribution is -2.36. The zero-order valence-electron chi connectivity index (χ0n) is 12.1. The molecule has 0 aliphatic carbocycles. The van der Waals surface area contributed by atoms with Crippen molar-refractivity contribution >= 4 is 5.91 Å². The molecular weight excluding hydrogens is 261 g/mol. The number of nitrogens with one attached hydrogen (secondary N) is 1. The fourth-order valence-electron chi connectivity index (χ4n) is 2.11. The van der Waals surface area contributed by atoms with Crippen molar-refractivity contribution in [1.82, 2.24) is 5.32 Å². The Morgan fingerprint density at radius 1 is 1.40 bits per heavy atom. The molecule has 20 heavy (non-hydrogen) atoms. The number of halogens is 1. The Balaban J connectivity index is 2.61. The van der Waals surface area contributed by atoms with Crippen LogP contribution in [-0.2, 0) is 0 Å². The normalized spacial score (nSPS) is 12.3. The third kappa shape index (κ3) is 4.20. The Bertz CT molecular complexity index is 447. The molecular formula is C15H22FNO3. The maximum absolute atomic E-state index is 13.5. The van der Waals surface area contributed by atoms with E-state index in [0.29, 0.717) is 0 Å². The van der Waals surface area contributed by atoms with Gasteiger partial charge >= 0.3 is 0 Å². The van der Waals surface area contributed by atoms with Crippen molar-refractivity contribution in [3.63, 3.8) is 0 Å². The Hall–Kier alpha value is -1.62. The molecule has 0 radical (unpaired) electrons. The number of benzene rings is 1. The maximum Gasteiger partial charge on any atom is 0.251 e. The Kier molecular flexibility index (Phi) is 6.45. The lowest BCUT2D eigenvalue weighted by Gasteiger charge is -2.20. The third-order valence-corrected chi connectivity index (χ3v) is 3.48. The SMILES string of the molecule is CCC(CC)C(O)CNC(=O)c1ccc(OC)c(F)c1. The molecule has 2 N–H and O–H groups in total. The first kappa shape index (κ1) is 16.4. The molecule has 0 fully saturated rings. The van der Waals surface area contributed by atoms with Crippen molar-refractivity contribution in [2.24, 2.45) is 5.92 Å². The van der Waals surface area contributed by atoms with Crippen LogP contribution in [0.3, 0.4) is 0 Å². The molecule has 112 valence electrons. The predicted octanol–water partition coefficient (Wildman–Crippen LogP) is 2.36. The van der Waals surface area contributed by atoms with Gasteiger partial charge in [-0.15, -0.1) is 0 Å². The highest BCUT2D eigenvalue weighted by molar-refractivity contribution is 5.94. The van der Waals surface area contributed by atoms with Gasteiger partial charge in [-0.1, -0.05) is 26.7 Å². The van der Waals surface area contributed by atoms with E-state index >= 15 is 0 Å². The van der Waals surface area contributed by atoms with Crippen LogP contribution in [0.5, 0.6) is 5.75 Å². The van der Waals surface area contributed by atoms with E-state index in [2.05, 4.69) is 5.32 Å². The topological polar surface area (TPSA) is 58.6 Å². The average Bonchev–Trinajstić information content (AvgIpc) is 2.45. The number of aliphatic hydroxyl groups is 1. The minimum Gasteiger partial charge on any atom is -0.494 e. The quantitative estimate of drug-likeness (QED) is 0.807. The standard InChI is InChI=1S/C15H22FNO3/c1-4-10(5-2)13(18)9-17-15(19)11-6-7-14(20-3)12(16)8-11/h6-8,10,13,18H,4-5,9H2,1-3H3,(H,17,19). The highest BCUT2D eigenvalue weighted by Gasteiger charge is 2.17. The number of aliphatic hydroxyl groups excluding tert-OH is 1. The summed E-state index contributed by atoms with van der Waals surface area (Å²) in [7, 11) is 1.37. The summed E-state index contributed by atoms with van der Waals surface area (Å²) in [6.45, 7) is 4.16. The Labute approximate surface area is 119 Å². The maximum atomic E-state index is 13.5. The van der Waals surface area contributed by atoms with Crippen LogP contribution in [0.1, 0.15) is 37.0 Å². The van der Waals surface area contributed by atoms with Crippen LogP contribution in [0.15, 0.2) is 18.2 Å². The number of carbonyl (C=O) groups is 1. The molecule has 1 atom stereocenters. The fourth-order valence-corrected chi connectivity index (χ4v) is 2.11. The van der Waals surface area contributed by atoms with Crippen LogP contribution in [0, 0.1) is 11.7 Å². The molecule has 0 aliphatic heterocycles. The van der Waals surface area contributed by atoms with E-state index in [1.807, 2.05) is 13.8 Å². The van der Waals surface area contributed by atoms with Gasteiger partial charge in [0, 0.05) is 12.1 Å². The van der Waals surface area contributed by atoms with Crippen molar-refractivity contribution in [3.05, 3.63) is 29.6 Å². The Morgan fingerprint density at radius 2 is 2.05 bits per heavy atom. The monoisotopic (exact) mass is 283 g/mol. The minimum absolute atomic E-state index is 0.0959. The number of carbonyl (C=O) groups excluding carboxylic acids is 1. The van der Waals surface area contributed by atoms with Gasteiger partial charge < -0.3 is 15.2 Å². The van der Waals surface area contributed by atoms with Gasteiger partial charge in [-0.05, 0) is 24.1 Å². The van der Waals surface area contributed by atoms with Crippen molar-refractivity contribution < 1.29 is 19.0 Å². The fraction of sp³-hybridized carbons (Fsp3) is 0.533. The molecule has 0 aromatic heterocycles. The highest BCUT2D eigenvalue weighted by atomic mass is 19.1. The first-order chi connectivity index (χ1) is 9.53. The highest BCUT2D eigenvalue weighted by Crippen LogP contribution is 2.18. The molecule has 0 spiro atoms. The summed E-state index contributed by atoms with van der Waals surface area (Å²) >= 11 is 0. The lowest BCUT2D eigenvalue weighted by molar-refractivity contribution is 0.0816. The first-order valence-corrected chi connectivity index (χ1v) is 6.83. The molecule has 1 aromatic rings. The third-order valence-electron chi connectivity index (χ3n) is 3.48. The van der Waals surface area contributed by atoms with E-state index in [-0.39, 0.29) is 23.8 Å². The van der Waals surface area contributed by atoms with Crippen LogP contribution in [0.25, 0.3) is 0 Å². The molecule has 1 rings (SSSR count). The molecule has 0 bridgehead atoms. The van der Waals surface area contributed by atoms with Crippen molar-refractivity contribution in [1.29, 1.82) is 0 Å². The second-order valence-corrected chi connectivity index (χ2v) is 4.70. The molecule has 1 amide bonds. The molecule has 1 unspecified atom stereocenters. The van der Waals surface area contributed by atoms with Gasteiger partial charge in [0.15, 0.2) is 11.6 Å². The van der Waals surface area contributed by atoms with Gasteiger partial charge in [0.25, 0.3) is 5.91 Å². The van der Waals surface area contributed by atoms with Gasteiger partial charge in [0.05, 0.1) is 13.2 Å². The van der Waals surface area contributed by atoms with Gasteiger partial charge in [0.1, 0.15) is 0 Å². The molecule has 0 saturated heterocycles. The zero-order valence-corrected chi connectivity index (χ0v) is 12.1. The summed E-state index contributed by atoms with van der Waals surface area (Å²) in [5, 5.41) is 12.5. The second kappa shape index (κ2) is 7.85. The smallest absolute Gasteiger partial charge is 0.251 e. The number of rotatable bonds is 7. The first-order valence-electron chi connectivity index (χ1n) is 6.83. The van der Waals surface area contributed by atoms with E-state index in [4.69, 9.17) is 4.74 Å². The Morgan fingerprint density at radius 3 is 2.55 bits per heavy atom. The number of ether oxygens (including phenoxy) is 1. The van der Waals surface area contributed by atoms with Crippen LogP contribution in [-0.4, -0.2) is 30.8 Å². The van der Waals surface area contributed by atoms with E-state index in [0.717, 1.165) is 18.9 Å². The summed E-state index contributed by atoms with van der Waals surface area (Å²) in [6, 6.07) is 4.01. The van der Waals surface area contributed by atoms with Crippen LogP contribution < -0.4 is 10.1 Å². The summed E-state index contributed by atoms with van der Waals surface area (Å²) in [4.78, 5) is 11.9. The number of methoxy groups -OCH3 is 1. The van der Waals surface area contributed by atoms with E-state index in [9.17, 15) is 14.3 Å². The largest absolute Gasteiger partial charge is 0.494 e. The summed E-state index contributed by atoms with van der Waals surface area (Å²) in [5.74, 6) is -0.737. The summed E-state index contributed by atoms with van der Waals surface area (Å²) in [6.07, 6.45) is 1.12. The average molecular weight is 283 g/mol. The van der Waals surface area contributed by atoms with Crippen LogP contribution in [0.2, 0.25) is 0 Å². The van der Waals surface area contributed by atoms with E-state index < -0.39 is 17.8 Å². The van der Waals surface area contributed by atoms with Gasteiger partial charge in [-0.3, -0.25) is 4.79 Å². The summed E-state index contributed by atoms with van der Waals surface area (Å²) in [5.41, 5.74) is 0.208. The predicted molar refractivity (Wildman–Crippen MR) is 75.4 cm³/mol. The van der Waals surface area contributed by atoms with Gasteiger partial charge in [0.2, 0.25) is 0 Å². The van der Waals surface area contributed by atoms with Crippen molar-refractivity contribution in [3.8, 4) is 5.75 Å². The van der Waals surface area contributed by atoms with Crippen molar-refractivity contribution in [2.75, 3.05) is 13.7 Å².